The number of hydrogen-bond acceptors (Lipinski definition) is 3. The molecule has 0 amide bonds. The fourth-order valence-electron chi connectivity index (χ4n) is 1.11. The summed E-state index contributed by atoms with van der Waals surface area (Å²) in [6.07, 6.45) is 1.53. The third kappa shape index (κ3) is 3.14. The number of methoxy groups -OCH3 is 1. The zero-order valence-electron chi connectivity index (χ0n) is 8.25. The molecule has 7 heteroatoms. The number of Topliss-reactive ketones (excluding diaryl/α,β-unsaturated/α-hetero) is 1. The van der Waals surface area contributed by atoms with Crippen LogP contribution in [0, 0.1) is 0 Å². The number of ether oxygens (including phenoxy) is 1. The number of alkyl halides is 3. The van der Waals surface area contributed by atoms with Crippen LogP contribution in [0.4, 0.5) is 0 Å². The van der Waals surface area contributed by atoms with Crippen molar-refractivity contribution in [2.45, 2.75) is 10.3 Å². The third-order valence-corrected chi connectivity index (χ3v) is 2.36. The number of carbonyl (C=O) groups is 2. The molecule has 1 aromatic rings. The van der Waals surface area contributed by atoms with Crippen LogP contribution in [0.3, 0.4) is 0 Å². The van der Waals surface area contributed by atoms with Crippen molar-refractivity contribution in [3.05, 3.63) is 24.0 Å². The van der Waals surface area contributed by atoms with Gasteiger partial charge in [0.1, 0.15) is 6.54 Å². The molecule has 1 rings (SSSR count). The molecule has 0 radical (unpaired) electrons. The Morgan fingerprint density at radius 3 is 2.56 bits per heavy atom. The Labute approximate surface area is 107 Å². The summed E-state index contributed by atoms with van der Waals surface area (Å²) in [5.41, 5.74) is 0.144. The van der Waals surface area contributed by atoms with E-state index in [0.717, 1.165) is 0 Å². The van der Waals surface area contributed by atoms with Gasteiger partial charge in [-0.1, -0.05) is 34.8 Å². The second-order valence-corrected chi connectivity index (χ2v) is 5.21. The van der Waals surface area contributed by atoms with Crippen molar-refractivity contribution in [1.82, 2.24) is 4.57 Å². The Morgan fingerprint density at radius 2 is 2.06 bits per heavy atom. The number of ketones is 1. The Hall–Kier alpha value is -0.710. The molecular formula is C9H8Cl3NO3. The Kier molecular flexibility index (Phi) is 4.24. The van der Waals surface area contributed by atoms with E-state index in [1.165, 1.54) is 23.9 Å². The predicted molar refractivity (Wildman–Crippen MR) is 61.1 cm³/mol. The van der Waals surface area contributed by atoms with Gasteiger partial charge in [-0.3, -0.25) is 9.59 Å². The Balaban J connectivity index is 2.95. The van der Waals surface area contributed by atoms with E-state index in [4.69, 9.17) is 34.8 Å². The lowest BCUT2D eigenvalue weighted by molar-refractivity contribution is -0.141. The molecule has 0 aliphatic heterocycles. The van der Waals surface area contributed by atoms with Gasteiger partial charge in [-0.2, -0.15) is 0 Å². The van der Waals surface area contributed by atoms with Gasteiger partial charge in [0.05, 0.1) is 12.8 Å². The number of rotatable bonds is 3. The molecule has 0 bridgehead atoms. The lowest BCUT2D eigenvalue weighted by Gasteiger charge is -2.11. The lowest BCUT2D eigenvalue weighted by Crippen LogP contribution is -2.24. The molecule has 1 aromatic heterocycles. The second-order valence-electron chi connectivity index (χ2n) is 2.92. The van der Waals surface area contributed by atoms with E-state index >= 15 is 0 Å². The number of nitrogens with zero attached hydrogens (tertiary/aromatic N) is 1. The molecule has 0 atom stereocenters. The van der Waals surface area contributed by atoms with Crippen molar-refractivity contribution < 1.29 is 14.3 Å². The maximum absolute atomic E-state index is 11.6. The van der Waals surface area contributed by atoms with E-state index in [2.05, 4.69) is 4.74 Å². The Morgan fingerprint density at radius 1 is 1.44 bits per heavy atom. The SMILES string of the molecule is COC(=O)Cn1cccc1C(=O)C(Cl)(Cl)Cl. The highest BCUT2D eigenvalue weighted by atomic mass is 35.6. The van der Waals surface area contributed by atoms with Crippen molar-refractivity contribution in [3.63, 3.8) is 0 Å². The molecule has 4 nitrogen and oxygen atoms in total. The average Bonchev–Trinajstić information content (AvgIpc) is 2.63. The molecule has 0 saturated carbocycles. The Bertz CT molecular complexity index is 408. The summed E-state index contributed by atoms with van der Waals surface area (Å²) in [5, 5.41) is 0. The number of hydrogen-bond donors (Lipinski definition) is 0. The van der Waals surface area contributed by atoms with Crippen LogP contribution >= 0.6 is 34.8 Å². The highest BCUT2D eigenvalue weighted by Crippen LogP contribution is 2.30. The van der Waals surface area contributed by atoms with Crippen LogP contribution in [0.1, 0.15) is 10.5 Å². The standard InChI is InChI=1S/C9H8Cl3NO3/c1-16-7(14)5-13-4-2-3-6(13)8(15)9(10,11)12/h2-4H,5H2,1H3. The molecule has 1 heterocycles. The molecule has 0 aromatic carbocycles. The number of esters is 1. The van der Waals surface area contributed by atoms with Crippen LogP contribution in [0.5, 0.6) is 0 Å². The topological polar surface area (TPSA) is 48.3 Å². The van der Waals surface area contributed by atoms with Crippen LogP contribution in [-0.2, 0) is 16.1 Å². The number of carbonyl (C=O) groups excluding carboxylic acids is 2. The zero-order valence-corrected chi connectivity index (χ0v) is 10.5. The lowest BCUT2D eigenvalue weighted by atomic mass is 10.3. The normalized spacial score (nSPS) is 11.2. The molecule has 88 valence electrons. The predicted octanol–water partition coefficient (Wildman–Crippen LogP) is 2.21. The highest BCUT2D eigenvalue weighted by molar-refractivity contribution is 6.77. The van der Waals surface area contributed by atoms with Gasteiger partial charge in [-0.15, -0.1) is 0 Å². The third-order valence-electron chi connectivity index (χ3n) is 1.85. The van der Waals surface area contributed by atoms with Gasteiger partial charge in [0.15, 0.2) is 0 Å². The fourth-order valence-corrected chi connectivity index (χ4v) is 1.40. The van der Waals surface area contributed by atoms with Gasteiger partial charge in [-0.25, -0.2) is 0 Å². The van der Waals surface area contributed by atoms with Crippen LogP contribution in [0.2, 0.25) is 0 Å². The molecule has 0 spiro atoms. The molecule has 0 saturated heterocycles. The summed E-state index contributed by atoms with van der Waals surface area (Å²) in [6, 6.07) is 3.04. The summed E-state index contributed by atoms with van der Waals surface area (Å²) < 4.78 is 3.80. The maximum Gasteiger partial charge on any atom is 0.325 e. The van der Waals surface area contributed by atoms with Crippen LogP contribution in [0.15, 0.2) is 18.3 Å². The maximum atomic E-state index is 11.6. The van der Waals surface area contributed by atoms with Crippen LogP contribution < -0.4 is 0 Å². The quantitative estimate of drug-likeness (QED) is 0.486. The van der Waals surface area contributed by atoms with E-state index in [9.17, 15) is 9.59 Å². The van der Waals surface area contributed by atoms with Gasteiger partial charge in [-0.05, 0) is 12.1 Å². The first-order valence-corrected chi connectivity index (χ1v) is 5.33. The smallest absolute Gasteiger partial charge is 0.325 e. The van der Waals surface area contributed by atoms with Gasteiger partial charge in [0, 0.05) is 6.20 Å². The van der Waals surface area contributed by atoms with Crippen molar-refractivity contribution in [2.24, 2.45) is 0 Å². The first-order valence-electron chi connectivity index (χ1n) is 4.19. The highest BCUT2D eigenvalue weighted by Gasteiger charge is 2.33. The molecule has 0 unspecified atom stereocenters. The van der Waals surface area contributed by atoms with E-state index in [1.54, 1.807) is 6.07 Å². The summed E-state index contributed by atoms with van der Waals surface area (Å²) in [7, 11) is 1.25. The van der Waals surface area contributed by atoms with Gasteiger partial charge in [0.2, 0.25) is 5.78 Å². The van der Waals surface area contributed by atoms with Crippen LogP contribution in [-0.4, -0.2) is 27.2 Å². The van der Waals surface area contributed by atoms with Crippen molar-refractivity contribution in [3.8, 4) is 0 Å². The van der Waals surface area contributed by atoms with Crippen molar-refractivity contribution in [2.75, 3.05) is 7.11 Å². The van der Waals surface area contributed by atoms with Crippen molar-refractivity contribution >= 4 is 46.6 Å². The van der Waals surface area contributed by atoms with Gasteiger partial charge < -0.3 is 9.30 Å². The molecule has 0 aliphatic carbocycles. The molecule has 0 N–H and O–H groups in total. The zero-order chi connectivity index (χ0) is 12.3. The summed E-state index contributed by atoms with van der Waals surface area (Å²) in [6.45, 7) is -0.106. The fraction of sp³-hybridized carbons (Fsp3) is 0.333. The number of halogens is 3. The second kappa shape index (κ2) is 5.08. The minimum absolute atomic E-state index is 0.106. The van der Waals surface area contributed by atoms with Gasteiger partial charge >= 0.3 is 5.97 Å². The first-order chi connectivity index (χ1) is 7.36. The summed E-state index contributed by atoms with van der Waals surface area (Å²) in [5.74, 6) is -1.18. The van der Waals surface area contributed by atoms with E-state index in [1.807, 2.05) is 0 Å². The van der Waals surface area contributed by atoms with E-state index < -0.39 is 15.5 Å². The monoisotopic (exact) mass is 283 g/mol. The van der Waals surface area contributed by atoms with Crippen molar-refractivity contribution in [1.29, 1.82) is 0 Å². The largest absolute Gasteiger partial charge is 0.468 e. The van der Waals surface area contributed by atoms with E-state index in [0.29, 0.717) is 0 Å². The summed E-state index contributed by atoms with van der Waals surface area (Å²) >= 11 is 16.4. The first kappa shape index (κ1) is 13.4. The minimum Gasteiger partial charge on any atom is -0.468 e. The van der Waals surface area contributed by atoms with Gasteiger partial charge in [0.25, 0.3) is 3.79 Å². The molecule has 16 heavy (non-hydrogen) atoms. The molecule has 0 aliphatic rings. The van der Waals surface area contributed by atoms with E-state index in [-0.39, 0.29) is 12.2 Å². The summed E-state index contributed by atoms with van der Waals surface area (Å²) in [4.78, 5) is 22.7. The number of aromatic nitrogens is 1. The molecule has 0 fully saturated rings. The van der Waals surface area contributed by atoms with Crippen LogP contribution in [0.25, 0.3) is 0 Å². The average molecular weight is 285 g/mol. The molecular weight excluding hydrogens is 276 g/mol. The minimum atomic E-state index is -2.04.